The number of furan rings is 1. The summed E-state index contributed by atoms with van der Waals surface area (Å²) in [5.41, 5.74) is 1.01. The van der Waals surface area contributed by atoms with Crippen LogP contribution in [0.2, 0.25) is 5.02 Å². The van der Waals surface area contributed by atoms with Crippen LogP contribution in [0, 0.1) is 0 Å². The first kappa shape index (κ1) is 11.0. The molecule has 2 nitrogen and oxygen atoms in total. The van der Waals surface area contributed by atoms with E-state index < -0.39 is 0 Å². The van der Waals surface area contributed by atoms with E-state index in [-0.39, 0.29) is 0 Å². The molecule has 0 spiro atoms. The zero-order chi connectivity index (χ0) is 11.4. The van der Waals surface area contributed by atoms with E-state index in [4.69, 9.17) is 16.0 Å². The average molecular weight is 234 g/mol. The molecule has 0 fully saturated rings. The lowest BCUT2D eigenvalue weighted by Gasteiger charge is -1.96. The minimum Gasteiger partial charge on any atom is -0.455 e. The lowest BCUT2D eigenvalue weighted by molar-refractivity contribution is 0.575. The topological polar surface area (TPSA) is 25.5 Å². The van der Waals surface area contributed by atoms with Gasteiger partial charge in [-0.25, -0.2) is 0 Å². The minimum atomic E-state index is 0.725. The van der Waals surface area contributed by atoms with E-state index in [0.29, 0.717) is 0 Å². The molecule has 0 aliphatic heterocycles. The maximum Gasteiger partial charge on any atom is 0.145 e. The van der Waals surface area contributed by atoms with Gasteiger partial charge < -0.3 is 4.42 Å². The fraction of sp³-hybridized carbons (Fsp3) is 0.154. The predicted molar refractivity (Wildman–Crippen MR) is 67.3 cm³/mol. The molecule has 0 amide bonds. The van der Waals surface area contributed by atoms with Crippen molar-refractivity contribution in [1.29, 1.82) is 0 Å². The van der Waals surface area contributed by atoms with Crippen LogP contribution in [0.1, 0.15) is 12.7 Å². The first-order valence-electron chi connectivity index (χ1n) is 5.15. The summed E-state index contributed by atoms with van der Waals surface area (Å²) in [6.07, 6.45) is 1.74. The molecule has 1 aromatic heterocycles. The van der Waals surface area contributed by atoms with Crippen LogP contribution in [0.3, 0.4) is 0 Å². The van der Waals surface area contributed by atoms with Crippen molar-refractivity contribution in [3.05, 3.63) is 47.2 Å². The second-order valence-electron chi connectivity index (χ2n) is 3.34. The Labute approximate surface area is 99.6 Å². The summed E-state index contributed by atoms with van der Waals surface area (Å²) < 4.78 is 5.62. The van der Waals surface area contributed by atoms with Crippen LogP contribution in [0.4, 0.5) is 0 Å². The van der Waals surface area contributed by atoms with Crippen molar-refractivity contribution in [2.24, 2.45) is 4.99 Å². The smallest absolute Gasteiger partial charge is 0.145 e. The van der Waals surface area contributed by atoms with Gasteiger partial charge in [-0.3, -0.25) is 4.99 Å². The number of aliphatic imine (C=N–C) groups is 1. The summed E-state index contributed by atoms with van der Waals surface area (Å²) in [6, 6.07) is 11.4. The zero-order valence-electron chi connectivity index (χ0n) is 8.98. The second kappa shape index (κ2) is 4.99. The number of rotatable bonds is 3. The summed E-state index contributed by atoms with van der Waals surface area (Å²) >= 11 is 5.82. The average Bonchev–Trinajstić information content (AvgIpc) is 2.76. The molecule has 82 valence electrons. The Morgan fingerprint density at radius 3 is 2.62 bits per heavy atom. The van der Waals surface area contributed by atoms with Gasteiger partial charge in [0.2, 0.25) is 0 Å². The molecule has 0 radical (unpaired) electrons. The maximum absolute atomic E-state index is 5.82. The quantitative estimate of drug-likeness (QED) is 0.735. The number of hydrogen-bond acceptors (Lipinski definition) is 2. The Morgan fingerprint density at radius 1 is 1.19 bits per heavy atom. The highest BCUT2D eigenvalue weighted by molar-refractivity contribution is 6.30. The van der Waals surface area contributed by atoms with E-state index in [0.717, 1.165) is 28.7 Å². The third-order valence-electron chi connectivity index (χ3n) is 2.16. The maximum atomic E-state index is 5.82. The van der Waals surface area contributed by atoms with Crippen LogP contribution in [-0.4, -0.2) is 12.8 Å². The van der Waals surface area contributed by atoms with Gasteiger partial charge in [-0.2, -0.15) is 0 Å². The lowest BCUT2D eigenvalue weighted by Crippen LogP contribution is -1.76. The highest BCUT2D eigenvalue weighted by atomic mass is 35.5. The Kier molecular flexibility index (Phi) is 3.42. The van der Waals surface area contributed by atoms with E-state index >= 15 is 0 Å². The Morgan fingerprint density at radius 2 is 1.94 bits per heavy atom. The molecule has 0 bridgehead atoms. The Hall–Kier alpha value is -1.54. The van der Waals surface area contributed by atoms with Crippen LogP contribution in [0.15, 0.2) is 45.8 Å². The summed E-state index contributed by atoms with van der Waals surface area (Å²) in [5, 5.41) is 0.725. The van der Waals surface area contributed by atoms with Gasteiger partial charge in [0.05, 0.1) is 6.21 Å². The third kappa shape index (κ3) is 2.52. The monoisotopic (exact) mass is 233 g/mol. The highest BCUT2D eigenvalue weighted by Crippen LogP contribution is 2.23. The molecule has 1 heterocycles. The molecule has 0 unspecified atom stereocenters. The molecule has 0 N–H and O–H groups in total. The van der Waals surface area contributed by atoms with Gasteiger partial charge >= 0.3 is 0 Å². The van der Waals surface area contributed by atoms with Crippen LogP contribution >= 0.6 is 11.6 Å². The Bertz CT molecular complexity index is 485. The standard InChI is InChI=1S/C13H12ClNO/c1-2-15-9-12-7-8-13(16-12)10-3-5-11(14)6-4-10/h3-9H,2H2,1H3. The van der Waals surface area contributed by atoms with Gasteiger partial charge in [-0.05, 0) is 43.3 Å². The van der Waals surface area contributed by atoms with E-state index in [2.05, 4.69) is 4.99 Å². The summed E-state index contributed by atoms with van der Waals surface area (Å²) in [7, 11) is 0. The van der Waals surface area contributed by atoms with Gasteiger partial charge in [0.15, 0.2) is 0 Å². The van der Waals surface area contributed by atoms with Gasteiger partial charge in [0, 0.05) is 17.1 Å². The number of halogens is 1. The normalized spacial score (nSPS) is 11.1. The predicted octanol–water partition coefficient (Wildman–Crippen LogP) is 4.04. The molecule has 16 heavy (non-hydrogen) atoms. The van der Waals surface area contributed by atoms with E-state index in [9.17, 15) is 0 Å². The minimum absolute atomic E-state index is 0.725. The fourth-order valence-corrected chi connectivity index (χ4v) is 1.50. The number of hydrogen-bond donors (Lipinski definition) is 0. The zero-order valence-corrected chi connectivity index (χ0v) is 9.74. The lowest BCUT2D eigenvalue weighted by atomic mass is 10.2. The van der Waals surface area contributed by atoms with Crippen molar-refractivity contribution in [1.82, 2.24) is 0 Å². The number of benzene rings is 1. The summed E-state index contributed by atoms with van der Waals surface area (Å²) in [6.45, 7) is 2.75. The van der Waals surface area contributed by atoms with Gasteiger partial charge in [-0.1, -0.05) is 11.6 Å². The first-order chi connectivity index (χ1) is 7.79. The summed E-state index contributed by atoms with van der Waals surface area (Å²) in [4.78, 5) is 4.12. The molecule has 0 saturated carbocycles. The molecular formula is C13H12ClNO. The number of nitrogens with zero attached hydrogens (tertiary/aromatic N) is 1. The van der Waals surface area contributed by atoms with E-state index in [1.807, 2.05) is 43.3 Å². The van der Waals surface area contributed by atoms with Crippen molar-refractivity contribution in [2.75, 3.05) is 6.54 Å². The van der Waals surface area contributed by atoms with Crippen molar-refractivity contribution < 1.29 is 4.42 Å². The SMILES string of the molecule is CCN=Cc1ccc(-c2ccc(Cl)cc2)o1. The van der Waals surface area contributed by atoms with Crippen molar-refractivity contribution in [3.8, 4) is 11.3 Å². The Balaban J connectivity index is 2.24. The molecule has 0 saturated heterocycles. The van der Waals surface area contributed by atoms with Crippen molar-refractivity contribution in [2.45, 2.75) is 6.92 Å². The highest BCUT2D eigenvalue weighted by Gasteiger charge is 2.02. The van der Waals surface area contributed by atoms with Gasteiger partial charge in [0.1, 0.15) is 11.5 Å². The van der Waals surface area contributed by atoms with Gasteiger partial charge in [0.25, 0.3) is 0 Å². The second-order valence-corrected chi connectivity index (χ2v) is 3.77. The van der Waals surface area contributed by atoms with Gasteiger partial charge in [-0.15, -0.1) is 0 Å². The molecule has 0 aliphatic carbocycles. The van der Waals surface area contributed by atoms with Crippen LogP contribution in [0.5, 0.6) is 0 Å². The molecule has 3 heteroatoms. The molecule has 2 rings (SSSR count). The molecule has 0 aliphatic rings. The van der Waals surface area contributed by atoms with Crippen molar-refractivity contribution in [3.63, 3.8) is 0 Å². The van der Waals surface area contributed by atoms with Crippen LogP contribution in [0.25, 0.3) is 11.3 Å². The molecule has 2 aromatic rings. The third-order valence-corrected chi connectivity index (χ3v) is 2.41. The molecule has 0 atom stereocenters. The molecule has 1 aromatic carbocycles. The van der Waals surface area contributed by atoms with E-state index in [1.54, 1.807) is 6.21 Å². The van der Waals surface area contributed by atoms with Crippen LogP contribution in [-0.2, 0) is 0 Å². The first-order valence-corrected chi connectivity index (χ1v) is 5.53. The largest absolute Gasteiger partial charge is 0.455 e. The van der Waals surface area contributed by atoms with Crippen molar-refractivity contribution >= 4 is 17.8 Å². The van der Waals surface area contributed by atoms with Crippen LogP contribution < -0.4 is 0 Å². The summed E-state index contributed by atoms with van der Waals surface area (Å²) in [5.74, 6) is 1.60. The fourth-order valence-electron chi connectivity index (χ4n) is 1.37. The molecular weight excluding hydrogens is 222 g/mol. The van der Waals surface area contributed by atoms with E-state index in [1.165, 1.54) is 0 Å².